The summed E-state index contributed by atoms with van der Waals surface area (Å²) in [6.07, 6.45) is 0. The molecule has 2 aromatic carbocycles. The lowest BCUT2D eigenvalue weighted by molar-refractivity contribution is -0.385. The zero-order valence-electron chi connectivity index (χ0n) is 11.4. The van der Waals surface area contributed by atoms with Crippen LogP contribution in [0.15, 0.2) is 48.5 Å². The van der Waals surface area contributed by atoms with Gasteiger partial charge in [0, 0.05) is 12.1 Å². The van der Waals surface area contributed by atoms with Crippen molar-refractivity contribution in [3.63, 3.8) is 0 Å². The molecule has 0 aliphatic heterocycles. The van der Waals surface area contributed by atoms with E-state index in [1.54, 1.807) is 12.1 Å². The Morgan fingerprint density at radius 1 is 0.773 bits per heavy atom. The maximum Gasteiger partial charge on any atom is 0.273 e. The van der Waals surface area contributed by atoms with Gasteiger partial charge in [0.15, 0.2) is 0 Å². The second-order valence-corrected chi connectivity index (χ2v) is 4.21. The van der Waals surface area contributed by atoms with E-state index in [-0.39, 0.29) is 24.6 Å². The molecule has 0 amide bonds. The average molecular weight is 304 g/mol. The van der Waals surface area contributed by atoms with Crippen LogP contribution in [0.5, 0.6) is 11.5 Å². The molecular formula is C14H12N2O6. The fraction of sp³-hybridized carbons (Fsp3) is 0.143. The van der Waals surface area contributed by atoms with Crippen LogP contribution in [0, 0.1) is 20.2 Å². The molecule has 2 aromatic rings. The molecule has 8 nitrogen and oxygen atoms in total. The van der Waals surface area contributed by atoms with Crippen molar-refractivity contribution in [1.82, 2.24) is 0 Å². The lowest BCUT2D eigenvalue weighted by Gasteiger charge is -2.08. The zero-order chi connectivity index (χ0) is 15.9. The Labute approximate surface area is 125 Å². The van der Waals surface area contributed by atoms with Crippen molar-refractivity contribution in [2.24, 2.45) is 0 Å². The van der Waals surface area contributed by atoms with Crippen LogP contribution in [0.1, 0.15) is 0 Å². The predicted octanol–water partition coefficient (Wildman–Crippen LogP) is 2.96. The summed E-state index contributed by atoms with van der Waals surface area (Å²) in [6.45, 7) is 0.313. The number of rotatable bonds is 7. The van der Waals surface area contributed by atoms with E-state index in [0.717, 1.165) is 0 Å². The van der Waals surface area contributed by atoms with Crippen molar-refractivity contribution >= 4 is 11.4 Å². The van der Waals surface area contributed by atoms with Gasteiger partial charge in [-0.15, -0.1) is 0 Å². The number of ether oxygens (including phenoxy) is 2. The number of hydrogen-bond donors (Lipinski definition) is 0. The van der Waals surface area contributed by atoms with Crippen molar-refractivity contribution < 1.29 is 19.3 Å². The Balaban J connectivity index is 1.84. The number of nitrogens with zero attached hydrogens (tertiary/aromatic N) is 2. The van der Waals surface area contributed by atoms with Gasteiger partial charge in [-0.2, -0.15) is 0 Å². The van der Waals surface area contributed by atoms with Gasteiger partial charge in [0.25, 0.3) is 11.4 Å². The van der Waals surface area contributed by atoms with Gasteiger partial charge in [-0.1, -0.05) is 12.1 Å². The van der Waals surface area contributed by atoms with E-state index in [0.29, 0.717) is 11.5 Å². The first-order chi connectivity index (χ1) is 10.6. The van der Waals surface area contributed by atoms with Gasteiger partial charge in [-0.3, -0.25) is 20.2 Å². The molecule has 0 aromatic heterocycles. The maximum atomic E-state index is 10.6. The second kappa shape index (κ2) is 7.02. The smallest absolute Gasteiger partial charge is 0.273 e. The molecule has 0 radical (unpaired) electrons. The Bertz CT molecular complexity index is 629. The molecule has 8 heteroatoms. The van der Waals surface area contributed by atoms with E-state index in [4.69, 9.17) is 9.47 Å². The molecule has 2 rings (SSSR count). The van der Waals surface area contributed by atoms with Crippen LogP contribution in [0.3, 0.4) is 0 Å². The predicted molar refractivity (Wildman–Crippen MR) is 77.2 cm³/mol. The van der Waals surface area contributed by atoms with E-state index in [1.165, 1.54) is 36.4 Å². The largest absolute Gasteiger partial charge is 0.490 e. The molecule has 0 unspecified atom stereocenters. The number of non-ortho nitro benzene ring substituents is 2. The van der Waals surface area contributed by atoms with Crippen LogP contribution < -0.4 is 9.47 Å². The lowest BCUT2D eigenvalue weighted by atomic mass is 10.3. The summed E-state index contributed by atoms with van der Waals surface area (Å²) in [5, 5.41) is 21.3. The Kier molecular flexibility index (Phi) is 4.86. The minimum Gasteiger partial charge on any atom is -0.490 e. The number of hydrogen-bond acceptors (Lipinski definition) is 6. The Hall–Kier alpha value is -3.16. The molecular weight excluding hydrogens is 292 g/mol. The number of nitro groups is 2. The van der Waals surface area contributed by atoms with Crippen LogP contribution in [-0.4, -0.2) is 23.1 Å². The topological polar surface area (TPSA) is 105 Å². The third-order valence-corrected chi connectivity index (χ3v) is 2.68. The highest BCUT2D eigenvalue weighted by molar-refractivity contribution is 5.38. The lowest BCUT2D eigenvalue weighted by Crippen LogP contribution is -2.09. The third kappa shape index (κ3) is 4.17. The highest BCUT2D eigenvalue weighted by Crippen LogP contribution is 2.20. The monoisotopic (exact) mass is 304 g/mol. The van der Waals surface area contributed by atoms with Gasteiger partial charge in [0.2, 0.25) is 0 Å². The van der Waals surface area contributed by atoms with Crippen LogP contribution in [0.2, 0.25) is 0 Å². The molecule has 0 saturated carbocycles. The van der Waals surface area contributed by atoms with Gasteiger partial charge in [-0.25, -0.2) is 0 Å². The molecule has 0 spiro atoms. The van der Waals surface area contributed by atoms with E-state index >= 15 is 0 Å². The van der Waals surface area contributed by atoms with Crippen molar-refractivity contribution in [2.75, 3.05) is 13.2 Å². The molecule has 0 saturated heterocycles. The summed E-state index contributed by atoms with van der Waals surface area (Å²) < 4.78 is 10.7. The first kappa shape index (κ1) is 15.2. The molecule has 0 heterocycles. The van der Waals surface area contributed by atoms with Crippen molar-refractivity contribution in [2.45, 2.75) is 0 Å². The SMILES string of the molecule is O=[N+]([O-])c1cccc(OCCOc2cccc([N+](=O)[O-])c2)c1. The highest BCUT2D eigenvalue weighted by Gasteiger charge is 2.07. The normalized spacial score (nSPS) is 10.0. The van der Waals surface area contributed by atoms with Gasteiger partial charge in [-0.05, 0) is 12.1 Å². The van der Waals surface area contributed by atoms with Crippen molar-refractivity contribution in [3.8, 4) is 11.5 Å². The van der Waals surface area contributed by atoms with E-state index < -0.39 is 9.85 Å². The van der Waals surface area contributed by atoms with Crippen LogP contribution >= 0.6 is 0 Å². The summed E-state index contributed by atoms with van der Waals surface area (Å²) in [4.78, 5) is 20.2. The molecule has 0 bridgehead atoms. The Morgan fingerprint density at radius 2 is 1.18 bits per heavy atom. The quantitative estimate of drug-likeness (QED) is 0.442. The van der Waals surface area contributed by atoms with E-state index in [2.05, 4.69) is 0 Å². The maximum absolute atomic E-state index is 10.6. The van der Waals surface area contributed by atoms with Gasteiger partial charge in [0.05, 0.1) is 22.0 Å². The number of benzene rings is 2. The fourth-order valence-electron chi connectivity index (χ4n) is 1.69. The minimum absolute atomic E-state index is 0.0582. The van der Waals surface area contributed by atoms with E-state index in [1.807, 2.05) is 0 Å². The standard InChI is InChI=1S/C14H12N2O6/c17-15(18)11-3-1-5-13(9-11)21-7-8-22-14-6-2-4-12(10-14)16(19)20/h1-6,9-10H,7-8H2. The summed E-state index contributed by atoms with van der Waals surface area (Å²) >= 11 is 0. The summed E-state index contributed by atoms with van der Waals surface area (Å²) in [5.41, 5.74) is -0.116. The number of nitro benzene ring substituents is 2. The van der Waals surface area contributed by atoms with Gasteiger partial charge in [0.1, 0.15) is 24.7 Å². The molecule has 114 valence electrons. The van der Waals surface area contributed by atoms with Crippen LogP contribution in [0.25, 0.3) is 0 Å². The summed E-state index contributed by atoms with van der Waals surface area (Å²) in [7, 11) is 0. The zero-order valence-corrected chi connectivity index (χ0v) is 11.4. The molecule has 0 N–H and O–H groups in total. The van der Waals surface area contributed by atoms with Gasteiger partial charge < -0.3 is 9.47 Å². The minimum atomic E-state index is -0.507. The van der Waals surface area contributed by atoms with Crippen molar-refractivity contribution in [3.05, 3.63) is 68.8 Å². The first-order valence-corrected chi connectivity index (χ1v) is 6.31. The fourth-order valence-corrected chi connectivity index (χ4v) is 1.69. The first-order valence-electron chi connectivity index (χ1n) is 6.31. The molecule has 0 atom stereocenters. The molecule has 22 heavy (non-hydrogen) atoms. The van der Waals surface area contributed by atoms with E-state index in [9.17, 15) is 20.2 Å². The average Bonchev–Trinajstić information content (AvgIpc) is 2.52. The molecule has 0 aliphatic carbocycles. The van der Waals surface area contributed by atoms with Crippen molar-refractivity contribution in [1.29, 1.82) is 0 Å². The van der Waals surface area contributed by atoms with Crippen LogP contribution in [0.4, 0.5) is 11.4 Å². The van der Waals surface area contributed by atoms with Crippen LogP contribution in [-0.2, 0) is 0 Å². The summed E-state index contributed by atoms with van der Waals surface area (Å²) in [6, 6.07) is 11.6. The van der Waals surface area contributed by atoms with Gasteiger partial charge >= 0.3 is 0 Å². The highest BCUT2D eigenvalue weighted by atomic mass is 16.6. The Morgan fingerprint density at radius 3 is 1.55 bits per heavy atom. The molecule has 0 aliphatic rings. The molecule has 0 fully saturated rings. The summed E-state index contributed by atoms with van der Waals surface area (Å²) in [5.74, 6) is 0.716. The third-order valence-electron chi connectivity index (χ3n) is 2.68. The second-order valence-electron chi connectivity index (χ2n) is 4.21.